The fourth-order valence-corrected chi connectivity index (χ4v) is 2.15. The van der Waals surface area contributed by atoms with E-state index in [9.17, 15) is 0 Å². The quantitative estimate of drug-likeness (QED) is 0.853. The molecule has 1 aromatic heterocycles. The first kappa shape index (κ1) is 15.1. The topological polar surface area (TPSA) is 52.0 Å². The highest BCUT2D eigenvalue weighted by Gasteiger charge is 2.06. The van der Waals surface area contributed by atoms with Gasteiger partial charge in [-0.25, -0.2) is 4.68 Å². The monoisotopic (exact) mass is 314 g/mol. The first-order valence-corrected chi connectivity index (χ1v) is 7.13. The van der Waals surface area contributed by atoms with E-state index in [1.807, 2.05) is 13.1 Å². The van der Waals surface area contributed by atoms with Crippen molar-refractivity contribution >= 4 is 23.2 Å². The summed E-state index contributed by atoms with van der Waals surface area (Å²) in [5.41, 5.74) is 0.905. The number of rotatable bonds is 7. The summed E-state index contributed by atoms with van der Waals surface area (Å²) >= 11 is 12.0. The zero-order chi connectivity index (χ0) is 14.4. The summed E-state index contributed by atoms with van der Waals surface area (Å²) in [4.78, 5) is 0. The first-order chi connectivity index (χ1) is 9.70. The normalized spacial score (nSPS) is 10.8. The second-order valence-corrected chi connectivity index (χ2v) is 4.97. The molecule has 0 spiro atoms. The third-order valence-corrected chi connectivity index (χ3v) is 3.22. The van der Waals surface area contributed by atoms with Crippen molar-refractivity contribution in [1.29, 1.82) is 0 Å². The highest BCUT2D eigenvalue weighted by atomic mass is 35.5. The van der Waals surface area contributed by atoms with E-state index in [1.165, 1.54) is 0 Å². The van der Waals surface area contributed by atoms with E-state index < -0.39 is 0 Å². The van der Waals surface area contributed by atoms with Crippen molar-refractivity contribution in [3.05, 3.63) is 40.1 Å². The Morgan fingerprint density at radius 2 is 2.05 bits per heavy atom. The van der Waals surface area contributed by atoms with Crippen LogP contribution in [0.3, 0.4) is 0 Å². The van der Waals surface area contributed by atoms with Crippen molar-refractivity contribution in [2.45, 2.75) is 20.0 Å². The summed E-state index contributed by atoms with van der Waals surface area (Å²) in [6.07, 6.45) is 1.89. The highest BCUT2D eigenvalue weighted by molar-refractivity contribution is 6.37. The molecule has 20 heavy (non-hydrogen) atoms. The van der Waals surface area contributed by atoms with Crippen molar-refractivity contribution < 1.29 is 4.74 Å². The predicted octanol–water partition coefficient (Wildman–Crippen LogP) is 2.77. The number of hydrogen-bond acceptors (Lipinski definition) is 4. The third kappa shape index (κ3) is 4.10. The summed E-state index contributed by atoms with van der Waals surface area (Å²) in [6.45, 7) is 4.68. The second kappa shape index (κ2) is 7.47. The standard InChI is InChI=1S/C13H16Cl2N4O/c1-2-16-8-10-9-19(18-17-10)6-7-20-13-11(14)4-3-5-12(13)15/h3-5,9,16H,2,6-8H2,1H3. The van der Waals surface area contributed by atoms with Gasteiger partial charge in [0.15, 0.2) is 5.75 Å². The van der Waals surface area contributed by atoms with Crippen LogP contribution in [0.2, 0.25) is 10.0 Å². The predicted molar refractivity (Wildman–Crippen MR) is 79.4 cm³/mol. The molecule has 1 N–H and O–H groups in total. The molecular formula is C13H16Cl2N4O. The molecule has 0 atom stereocenters. The van der Waals surface area contributed by atoms with Crippen LogP contribution >= 0.6 is 23.2 Å². The lowest BCUT2D eigenvalue weighted by Crippen LogP contribution is -2.12. The molecule has 108 valence electrons. The summed E-state index contributed by atoms with van der Waals surface area (Å²) < 4.78 is 7.33. The van der Waals surface area contributed by atoms with Gasteiger partial charge in [0.1, 0.15) is 6.61 Å². The molecule has 0 saturated carbocycles. The van der Waals surface area contributed by atoms with Crippen LogP contribution in [0.5, 0.6) is 5.75 Å². The van der Waals surface area contributed by atoms with Crippen LogP contribution in [0, 0.1) is 0 Å². The molecule has 7 heteroatoms. The van der Waals surface area contributed by atoms with Crippen LogP contribution in [0.15, 0.2) is 24.4 Å². The van der Waals surface area contributed by atoms with E-state index in [4.69, 9.17) is 27.9 Å². The Morgan fingerprint density at radius 3 is 2.75 bits per heavy atom. The number of nitrogens with one attached hydrogen (secondary N) is 1. The van der Waals surface area contributed by atoms with Crippen LogP contribution in [-0.2, 0) is 13.1 Å². The van der Waals surface area contributed by atoms with Gasteiger partial charge in [0.05, 0.1) is 22.3 Å². The molecule has 2 rings (SSSR count). The summed E-state index contributed by atoms with van der Waals surface area (Å²) in [7, 11) is 0. The van der Waals surface area contributed by atoms with Gasteiger partial charge in [-0.1, -0.05) is 41.4 Å². The molecule has 0 aliphatic carbocycles. The zero-order valence-corrected chi connectivity index (χ0v) is 12.7. The van der Waals surface area contributed by atoms with Gasteiger partial charge in [-0.3, -0.25) is 0 Å². The summed E-state index contributed by atoms with van der Waals surface area (Å²) in [5, 5.41) is 12.3. The molecular weight excluding hydrogens is 299 g/mol. The molecule has 0 aliphatic heterocycles. The van der Waals surface area contributed by atoms with E-state index >= 15 is 0 Å². The molecule has 5 nitrogen and oxygen atoms in total. The smallest absolute Gasteiger partial charge is 0.156 e. The number of nitrogens with zero attached hydrogens (tertiary/aromatic N) is 3. The van der Waals surface area contributed by atoms with Crippen LogP contribution < -0.4 is 10.1 Å². The second-order valence-electron chi connectivity index (χ2n) is 4.15. The fourth-order valence-electron chi connectivity index (χ4n) is 1.64. The maximum Gasteiger partial charge on any atom is 0.156 e. The molecule has 2 aromatic rings. The Kier molecular flexibility index (Phi) is 5.64. The molecule has 1 aromatic carbocycles. The minimum Gasteiger partial charge on any atom is -0.489 e. The highest BCUT2D eigenvalue weighted by Crippen LogP contribution is 2.32. The minimum absolute atomic E-state index is 0.424. The van der Waals surface area contributed by atoms with E-state index in [1.54, 1.807) is 22.9 Å². The van der Waals surface area contributed by atoms with Gasteiger partial charge in [-0.05, 0) is 18.7 Å². The summed E-state index contributed by atoms with van der Waals surface area (Å²) in [5.74, 6) is 0.504. The number of para-hydroxylation sites is 1. The molecule has 0 unspecified atom stereocenters. The number of ether oxygens (including phenoxy) is 1. The summed E-state index contributed by atoms with van der Waals surface area (Å²) in [6, 6.07) is 5.27. The lowest BCUT2D eigenvalue weighted by Gasteiger charge is -2.09. The maximum atomic E-state index is 6.02. The van der Waals surface area contributed by atoms with Gasteiger partial charge in [0.2, 0.25) is 0 Å². The lowest BCUT2D eigenvalue weighted by atomic mass is 10.3. The average molecular weight is 315 g/mol. The Hall–Kier alpha value is -1.30. The van der Waals surface area contributed by atoms with Crippen LogP contribution in [0.1, 0.15) is 12.6 Å². The molecule has 0 fully saturated rings. The SMILES string of the molecule is CCNCc1cn(CCOc2c(Cl)cccc2Cl)nn1. The van der Waals surface area contributed by atoms with Crippen molar-refractivity contribution in [2.75, 3.05) is 13.2 Å². The number of benzene rings is 1. The Bertz CT molecular complexity index is 539. The van der Waals surface area contributed by atoms with Gasteiger partial charge in [0.25, 0.3) is 0 Å². The average Bonchev–Trinajstić information content (AvgIpc) is 2.88. The van der Waals surface area contributed by atoms with E-state index in [-0.39, 0.29) is 0 Å². The van der Waals surface area contributed by atoms with Crippen molar-refractivity contribution in [3.63, 3.8) is 0 Å². The van der Waals surface area contributed by atoms with Crippen LogP contribution in [0.25, 0.3) is 0 Å². The first-order valence-electron chi connectivity index (χ1n) is 6.37. The molecule has 0 radical (unpaired) electrons. The fraction of sp³-hybridized carbons (Fsp3) is 0.385. The van der Waals surface area contributed by atoms with E-state index in [2.05, 4.69) is 15.6 Å². The van der Waals surface area contributed by atoms with Crippen molar-refractivity contribution in [1.82, 2.24) is 20.3 Å². The van der Waals surface area contributed by atoms with E-state index in [0.29, 0.717) is 35.5 Å². The Morgan fingerprint density at radius 1 is 1.30 bits per heavy atom. The maximum absolute atomic E-state index is 6.02. The molecule has 0 bridgehead atoms. The van der Waals surface area contributed by atoms with Gasteiger partial charge < -0.3 is 10.1 Å². The minimum atomic E-state index is 0.424. The molecule has 0 amide bonds. The van der Waals surface area contributed by atoms with Gasteiger partial charge in [-0.15, -0.1) is 5.10 Å². The van der Waals surface area contributed by atoms with Gasteiger partial charge >= 0.3 is 0 Å². The number of hydrogen-bond donors (Lipinski definition) is 1. The van der Waals surface area contributed by atoms with E-state index in [0.717, 1.165) is 12.2 Å². The Balaban J connectivity index is 1.85. The molecule has 0 saturated heterocycles. The molecule has 0 aliphatic rings. The molecule has 1 heterocycles. The number of aromatic nitrogens is 3. The van der Waals surface area contributed by atoms with Crippen LogP contribution in [-0.4, -0.2) is 28.1 Å². The van der Waals surface area contributed by atoms with Crippen LogP contribution in [0.4, 0.5) is 0 Å². The van der Waals surface area contributed by atoms with Gasteiger partial charge in [0, 0.05) is 12.7 Å². The number of halogens is 2. The zero-order valence-electron chi connectivity index (χ0n) is 11.1. The third-order valence-electron chi connectivity index (χ3n) is 2.63. The lowest BCUT2D eigenvalue weighted by molar-refractivity contribution is 0.290. The van der Waals surface area contributed by atoms with Crippen molar-refractivity contribution in [2.24, 2.45) is 0 Å². The largest absolute Gasteiger partial charge is 0.489 e. The van der Waals surface area contributed by atoms with Gasteiger partial charge in [-0.2, -0.15) is 0 Å². The Labute approximate surface area is 127 Å². The van der Waals surface area contributed by atoms with Crippen molar-refractivity contribution in [3.8, 4) is 5.75 Å².